The number of carbonyl (C=O) groups excluding carboxylic acids is 2. The van der Waals surface area contributed by atoms with Gasteiger partial charge in [0.15, 0.2) is 5.56 Å². The molecule has 4 nitrogen and oxygen atoms in total. The van der Waals surface area contributed by atoms with Gasteiger partial charge >= 0.3 is 5.97 Å². The first-order valence-corrected chi connectivity index (χ1v) is 7.11. The van der Waals surface area contributed by atoms with Crippen LogP contribution in [0.15, 0.2) is 0 Å². The molecule has 1 unspecified atom stereocenters. The minimum atomic E-state index is -0.609. The maximum absolute atomic E-state index is 12.0. The number of ether oxygens (including phenoxy) is 1. The number of alkyl halides is 1. The molecule has 0 N–H and O–H groups in total. The molecule has 0 aromatic rings. The van der Waals surface area contributed by atoms with Crippen LogP contribution in [-0.4, -0.2) is 34.9 Å². The molecule has 1 amide bonds. The number of amides is 1. The Kier molecular flexibility index (Phi) is 6.72. The molecule has 0 spiro atoms. The fourth-order valence-corrected chi connectivity index (χ4v) is 2.30. The topological polar surface area (TPSA) is 46.6 Å². The van der Waals surface area contributed by atoms with Crippen LogP contribution in [0.25, 0.3) is 0 Å². The minimum absolute atomic E-state index is 0.318. The Bertz CT molecular complexity index is 386. The number of hydrogen-bond donors (Lipinski definition) is 0. The fraction of sp³-hybridized carbons (Fsp3) is 0.714. The molecule has 106 valence electrons. The predicted octanol–water partition coefficient (Wildman–Crippen LogP) is 2.30. The van der Waals surface area contributed by atoms with Gasteiger partial charge in [0, 0.05) is 6.54 Å². The molecule has 1 saturated heterocycles. The van der Waals surface area contributed by atoms with E-state index >= 15 is 0 Å². The van der Waals surface area contributed by atoms with Crippen molar-refractivity contribution in [2.45, 2.75) is 57.6 Å². The summed E-state index contributed by atoms with van der Waals surface area (Å²) in [4.78, 5) is 25.2. The van der Waals surface area contributed by atoms with Crippen LogP contribution < -0.4 is 0 Å². The van der Waals surface area contributed by atoms with Crippen LogP contribution >= 0.6 is 11.6 Å². The lowest BCUT2D eigenvalue weighted by Crippen LogP contribution is -2.41. The Morgan fingerprint density at radius 2 is 2.26 bits per heavy atom. The maximum Gasteiger partial charge on any atom is 0.330 e. The van der Waals surface area contributed by atoms with Crippen LogP contribution in [0.3, 0.4) is 0 Å². The van der Waals surface area contributed by atoms with E-state index in [-0.39, 0.29) is 5.91 Å². The number of carbonyl (C=O) groups is 2. The highest BCUT2D eigenvalue weighted by Gasteiger charge is 2.35. The van der Waals surface area contributed by atoms with E-state index in [9.17, 15) is 9.59 Å². The number of nitrogens with zero attached hydrogens (tertiary/aromatic N) is 1. The highest BCUT2D eigenvalue weighted by atomic mass is 35.5. The lowest BCUT2D eigenvalue weighted by atomic mass is 10.2. The largest absolute Gasteiger partial charge is 0.444 e. The highest BCUT2D eigenvalue weighted by molar-refractivity contribution is 6.20. The summed E-state index contributed by atoms with van der Waals surface area (Å²) in [7, 11) is 0. The predicted molar refractivity (Wildman–Crippen MR) is 73.4 cm³/mol. The number of esters is 1. The molecule has 0 aromatic carbocycles. The first-order valence-electron chi connectivity index (χ1n) is 6.68. The normalized spacial score (nSPS) is 19.5. The monoisotopic (exact) mass is 285 g/mol. The van der Waals surface area contributed by atoms with Crippen LogP contribution in [0.4, 0.5) is 0 Å². The van der Waals surface area contributed by atoms with Crippen LogP contribution in [-0.2, 0) is 14.3 Å². The van der Waals surface area contributed by atoms with Crippen LogP contribution in [0.1, 0.15) is 46.0 Å². The minimum Gasteiger partial charge on any atom is -0.444 e. The zero-order valence-electron chi connectivity index (χ0n) is 11.4. The molecule has 0 aliphatic carbocycles. The summed E-state index contributed by atoms with van der Waals surface area (Å²) in [6.07, 6.45) is 3.96. The molecular formula is C14H20ClNO3. The highest BCUT2D eigenvalue weighted by Crippen LogP contribution is 2.20. The van der Waals surface area contributed by atoms with Gasteiger partial charge in [0.25, 0.3) is 5.91 Å². The van der Waals surface area contributed by atoms with Gasteiger partial charge in [-0.3, -0.25) is 4.79 Å². The number of likely N-dealkylation sites (tertiary alicyclic amines) is 1. The van der Waals surface area contributed by atoms with Crippen LogP contribution in [0.5, 0.6) is 0 Å². The third-order valence-corrected chi connectivity index (χ3v) is 3.35. The summed E-state index contributed by atoms with van der Waals surface area (Å²) < 4.78 is 5.18. The molecule has 19 heavy (non-hydrogen) atoms. The summed E-state index contributed by atoms with van der Waals surface area (Å²) in [5.41, 5.74) is -0.609. The van der Waals surface area contributed by atoms with Gasteiger partial charge in [-0.2, -0.15) is 0 Å². The number of rotatable bonds is 5. The Morgan fingerprint density at radius 3 is 2.89 bits per heavy atom. The quantitative estimate of drug-likeness (QED) is 0.442. The smallest absolute Gasteiger partial charge is 0.330 e. The summed E-state index contributed by atoms with van der Waals surface area (Å²) in [6.45, 7) is 4.20. The molecule has 0 bridgehead atoms. The van der Waals surface area contributed by atoms with Crippen molar-refractivity contribution in [3.05, 3.63) is 0 Å². The van der Waals surface area contributed by atoms with Gasteiger partial charge in [0.05, 0.1) is 0 Å². The maximum atomic E-state index is 12.0. The molecule has 1 aliphatic heterocycles. The van der Waals surface area contributed by atoms with Gasteiger partial charge in [-0.25, -0.2) is 4.79 Å². The summed E-state index contributed by atoms with van der Waals surface area (Å²) in [5.74, 6) is 4.27. The van der Waals surface area contributed by atoms with Crippen LogP contribution in [0.2, 0.25) is 0 Å². The average molecular weight is 286 g/mol. The van der Waals surface area contributed by atoms with Crippen LogP contribution in [0, 0.1) is 11.8 Å². The molecule has 1 rings (SSSR count). The Labute approximate surface area is 119 Å². The van der Waals surface area contributed by atoms with Crippen molar-refractivity contribution in [2.24, 2.45) is 0 Å². The van der Waals surface area contributed by atoms with Crippen molar-refractivity contribution >= 4 is 23.5 Å². The van der Waals surface area contributed by atoms with E-state index in [2.05, 4.69) is 11.8 Å². The van der Waals surface area contributed by atoms with E-state index in [4.69, 9.17) is 16.3 Å². The van der Waals surface area contributed by atoms with Crippen molar-refractivity contribution in [3.8, 4) is 11.8 Å². The van der Waals surface area contributed by atoms with Gasteiger partial charge in [-0.15, -0.1) is 0 Å². The van der Waals surface area contributed by atoms with Crippen molar-refractivity contribution < 1.29 is 14.3 Å². The second-order valence-corrected chi connectivity index (χ2v) is 5.01. The second kappa shape index (κ2) is 8.06. The zero-order valence-corrected chi connectivity index (χ0v) is 12.2. The summed E-state index contributed by atoms with van der Waals surface area (Å²) >= 11 is 5.95. The van der Waals surface area contributed by atoms with E-state index in [0.717, 1.165) is 19.3 Å². The third-order valence-electron chi connectivity index (χ3n) is 3.05. The van der Waals surface area contributed by atoms with Crippen molar-refractivity contribution in [1.82, 2.24) is 4.90 Å². The van der Waals surface area contributed by atoms with Gasteiger partial charge < -0.3 is 9.64 Å². The number of unbranched alkanes of at least 4 members (excludes halogenated alkanes) is 1. The Morgan fingerprint density at radius 1 is 1.53 bits per heavy atom. The first kappa shape index (κ1) is 15.8. The average Bonchev–Trinajstić information content (AvgIpc) is 2.85. The van der Waals surface area contributed by atoms with E-state index < -0.39 is 17.6 Å². The number of halogens is 1. The van der Waals surface area contributed by atoms with Gasteiger partial charge in [-0.1, -0.05) is 30.9 Å². The Balaban J connectivity index is 2.54. The zero-order chi connectivity index (χ0) is 14.3. The van der Waals surface area contributed by atoms with Gasteiger partial charge in [-0.05, 0) is 38.5 Å². The molecule has 1 heterocycles. The molecule has 1 aliphatic rings. The summed E-state index contributed by atoms with van der Waals surface area (Å²) in [5, 5.41) is 0. The molecule has 0 radical (unpaired) electrons. The molecule has 1 fully saturated rings. The van der Waals surface area contributed by atoms with Crippen molar-refractivity contribution in [3.63, 3.8) is 0 Å². The van der Waals surface area contributed by atoms with Gasteiger partial charge in [0.2, 0.25) is 0 Å². The third kappa shape index (κ3) is 4.76. The molecule has 0 saturated carbocycles. The molecule has 0 aromatic heterocycles. The SMILES string of the molecule is CC#CC(=O)N1CCC[C@H]1C(=O)OC(Cl)CCCC. The van der Waals surface area contributed by atoms with E-state index in [1.807, 2.05) is 6.92 Å². The summed E-state index contributed by atoms with van der Waals surface area (Å²) in [6, 6.07) is -0.531. The second-order valence-electron chi connectivity index (χ2n) is 4.52. The lowest BCUT2D eigenvalue weighted by molar-refractivity contribution is -0.153. The fourth-order valence-electron chi connectivity index (χ4n) is 2.06. The van der Waals surface area contributed by atoms with Gasteiger partial charge in [0.1, 0.15) is 6.04 Å². The Hall–Kier alpha value is -1.21. The van der Waals surface area contributed by atoms with E-state index in [0.29, 0.717) is 19.4 Å². The van der Waals surface area contributed by atoms with E-state index in [1.165, 1.54) is 4.90 Å². The first-order chi connectivity index (χ1) is 9.10. The molecular weight excluding hydrogens is 266 g/mol. The van der Waals surface area contributed by atoms with E-state index in [1.54, 1.807) is 6.92 Å². The lowest BCUT2D eigenvalue weighted by Gasteiger charge is -2.22. The standard InChI is InChI=1S/C14H20ClNO3/c1-3-5-9-12(15)19-14(18)11-8-6-10-16(11)13(17)7-4-2/h11-12H,3,5-6,8-10H2,1-2H3/t11-,12?/m0/s1. The van der Waals surface area contributed by atoms with Crippen molar-refractivity contribution in [1.29, 1.82) is 0 Å². The molecule has 5 heteroatoms. The van der Waals surface area contributed by atoms with Crippen molar-refractivity contribution in [2.75, 3.05) is 6.54 Å². The molecule has 2 atom stereocenters. The number of hydrogen-bond acceptors (Lipinski definition) is 3.